The third-order valence-corrected chi connectivity index (χ3v) is 3.51. The van der Waals surface area contributed by atoms with Gasteiger partial charge in [0.25, 0.3) is 5.56 Å². The van der Waals surface area contributed by atoms with Crippen molar-refractivity contribution >= 4 is 0 Å². The van der Waals surface area contributed by atoms with E-state index in [1.807, 2.05) is 0 Å². The maximum Gasteiger partial charge on any atom is 0.251 e. The molecule has 1 heterocycles. The Labute approximate surface area is 120 Å². The molecule has 3 heteroatoms. The number of hydrogen-bond acceptors (Lipinski definition) is 2. The first-order chi connectivity index (χ1) is 9.36. The molecule has 2 aromatic rings. The Bertz CT molecular complexity index is 684. The second kappa shape index (κ2) is 5.61. The van der Waals surface area contributed by atoms with Gasteiger partial charge in [-0.15, -0.1) is 0 Å². The molecule has 0 atom stereocenters. The van der Waals surface area contributed by atoms with E-state index < -0.39 is 0 Å². The Morgan fingerprint density at radius 2 is 1.70 bits per heavy atom. The minimum atomic E-state index is -0.0803. The van der Waals surface area contributed by atoms with Crippen molar-refractivity contribution in [2.45, 2.75) is 41.0 Å². The minimum absolute atomic E-state index is 0.0803. The number of aryl methyl sites for hydroxylation is 3. The van der Waals surface area contributed by atoms with Crippen LogP contribution in [0.15, 0.2) is 23.0 Å². The molecule has 1 N–H and O–H groups in total. The van der Waals surface area contributed by atoms with Gasteiger partial charge in [-0.1, -0.05) is 19.9 Å². The van der Waals surface area contributed by atoms with Crippen molar-refractivity contribution in [1.82, 2.24) is 9.97 Å². The predicted molar refractivity (Wildman–Crippen MR) is 83.0 cm³/mol. The number of H-pyrrole nitrogens is 1. The fourth-order valence-electron chi connectivity index (χ4n) is 2.37. The molecule has 0 radical (unpaired) electrons. The number of nitrogens with zero attached hydrogens (tertiary/aromatic N) is 1. The maximum atomic E-state index is 11.8. The van der Waals surface area contributed by atoms with E-state index in [9.17, 15) is 4.79 Å². The summed E-state index contributed by atoms with van der Waals surface area (Å²) in [6.45, 7) is 10.5. The van der Waals surface area contributed by atoms with Crippen LogP contribution in [0.1, 0.15) is 36.2 Å². The molecule has 0 aliphatic rings. The highest BCUT2D eigenvalue weighted by Gasteiger charge is 2.09. The lowest BCUT2D eigenvalue weighted by Gasteiger charge is -2.11. The van der Waals surface area contributed by atoms with Crippen molar-refractivity contribution in [2.75, 3.05) is 0 Å². The fraction of sp³-hybridized carbons (Fsp3) is 0.412. The van der Waals surface area contributed by atoms with Gasteiger partial charge < -0.3 is 4.98 Å². The van der Waals surface area contributed by atoms with Gasteiger partial charge in [-0.3, -0.25) is 4.79 Å². The molecule has 1 aromatic carbocycles. The summed E-state index contributed by atoms with van der Waals surface area (Å²) >= 11 is 0. The third-order valence-electron chi connectivity index (χ3n) is 3.51. The number of aromatic amines is 1. The third kappa shape index (κ3) is 3.16. The molecule has 3 nitrogen and oxygen atoms in total. The smallest absolute Gasteiger partial charge is 0.251 e. The number of benzene rings is 1. The lowest BCUT2D eigenvalue weighted by atomic mass is 10.00. The topological polar surface area (TPSA) is 45.8 Å². The van der Waals surface area contributed by atoms with Crippen molar-refractivity contribution in [3.8, 4) is 11.4 Å². The monoisotopic (exact) mass is 270 g/mol. The Balaban J connectivity index is 2.55. The van der Waals surface area contributed by atoms with Crippen LogP contribution >= 0.6 is 0 Å². The summed E-state index contributed by atoms with van der Waals surface area (Å²) in [4.78, 5) is 19.3. The van der Waals surface area contributed by atoms with Crippen LogP contribution in [0.25, 0.3) is 11.4 Å². The van der Waals surface area contributed by atoms with Crippen molar-refractivity contribution in [1.29, 1.82) is 0 Å². The van der Waals surface area contributed by atoms with Crippen LogP contribution in [-0.2, 0) is 6.42 Å². The summed E-state index contributed by atoms with van der Waals surface area (Å²) in [6, 6.07) is 5.84. The summed E-state index contributed by atoms with van der Waals surface area (Å²) < 4.78 is 0. The molecule has 2 rings (SSSR count). The van der Waals surface area contributed by atoms with Crippen LogP contribution in [0.3, 0.4) is 0 Å². The molecule has 20 heavy (non-hydrogen) atoms. The lowest BCUT2D eigenvalue weighted by molar-refractivity contribution is 0.634. The summed E-state index contributed by atoms with van der Waals surface area (Å²) in [6.07, 6.45) is 0.820. The Hall–Kier alpha value is -1.90. The molecule has 0 amide bonds. The van der Waals surface area contributed by atoms with Gasteiger partial charge in [-0.2, -0.15) is 0 Å². The molecule has 1 aromatic heterocycles. The van der Waals surface area contributed by atoms with Gasteiger partial charge in [-0.25, -0.2) is 4.98 Å². The van der Waals surface area contributed by atoms with Gasteiger partial charge in [-0.05, 0) is 55.9 Å². The Morgan fingerprint density at radius 3 is 2.35 bits per heavy atom. The Morgan fingerprint density at radius 1 is 1.05 bits per heavy atom. The first kappa shape index (κ1) is 14.5. The van der Waals surface area contributed by atoms with Crippen molar-refractivity contribution < 1.29 is 0 Å². The highest BCUT2D eigenvalue weighted by atomic mass is 16.1. The molecule has 0 spiro atoms. The van der Waals surface area contributed by atoms with E-state index in [4.69, 9.17) is 0 Å². The maximum absolute atomic E-state index is 11.8. The summed E-state index contributed by atoms with van der Waals surface area (Å²) in [5, 5.41) is 0. The number of rotatable bonds is 3. The zero-order valence-electron chi connectivity index (χ0n) is 12.9. The number of hydrogen-bond donors (Lipinski definition) is 1. The van der Waals surface area contributed by atoms with Gasteiger partial charge in [0.05, 0.1) is 0 Å². The van der Waals surface area contributed by atoms with E-state index in [1.54, 1.807) is 6.07 Å². The van der Waals surface area contributed by atoms with E-state index in [2.05, 4.69) is 56.7 Å². The number of nitrogens with one attached hydrogen (secondary N) is 1. The van der Waals surface area contributed by atoms with E-state index in [-0.39, 0.29) is 5.56 Å². The van der Waals surface area contributed by atoms with Gasteiger partial charge in [0, 0.05) is 17.3 Å². The molecule has 0 saturated carbocycles. The molecule has 0 aliphatic heterocycles. The molecular weight excluding hydrogens is 248 g/mol. The Kier molecular flexibility index (Phi) is 4.07. The van der Waals surface area contributed by atoms with E-state index >= 15 is 0 Å². The van der Waals surface area contributed by atoms with E-state index in [0.717, 1.165) is 23.2 Å². The van der Waals surface area contributed by atoms with Gasteiger partial charge >= 0.3 is 0 Å². The normalized spacial score (nSPS) is 11.1. The van der Waals surface area contributed by atoms with E-state index in [0.29, 0.717) is 11.7 Å². The fourth-order valence-corrected chi connectivity index (χ4v) is 2.37. The molecule has 0 aliphatic carbocycles. The van der Waals surface area contributed by atoms with Gasteiger partial charge in [0.15, 0.2) is 0 Å². The van der Waals surface area contributed by atoms with Crippen LogP contribution in [0.4, 0.5) is 0 Å². The highest BCUT2D eigenvalue weighted by Crippen LogP contribution is 2.23. The van der Waals surface area contributed by atoms with Crippen LogP contribution in [0.2, 0.25) is 0 Å². The van der Waals surface area contributed by atoms with Crippen LogP contribution in [-0.4, -0.2) is 9.97 Å². The average Bonchev–Trinajstić information content (AvgIpc) is 2.32. The van der Waals surface area contributed by atoms with Crippen LogP contribution < -0.4 is 5.56 Å². The summed E-state index contributed by atoms with van der Waals surface area (Å²) in [5.41, 5.74) is 5.39. The highest BCUT2D eigenvalue weighted by molar-refractivity contribution is 5.62. The SMILES string of the molecule is Cc1cc(C)c(-c2nc(CC(C)C)cc(=O)[nH]2)cc1C. The minimum Gasteiger partial charge on any atom is -0.307 e. The first-order valence-electron chi connectivity index (χ1n) is 7.05. The molecule has 0 fully saturated rings. The van der Waals surface area contributed by atoms with Crippen LogP contribution in [0.5, 0.6) is 0 Å². The zero-order chi connectivity index (χ0) is 14.9. The van der Waals surface area contributed by atoms with Crippen molar-refractivity contribution in [3.05, 3.63) is 50.9 Å². The van der Waals surface area contributed by atoms with E-state index in [1.165, 1.54) is 11.1 Å². The van der Waals surface area contributed by atoms with Crippen molar-refractivity contribution in [2.24, 2.45) is 5.92 Å². The second-order valence-electron chi connectivity index (χ2n) is 5.93. The largest absolute Gasteiger partial charge is 0.307 e. The average molecular weight is 270 g/mol. The molecular formula is C17H22N2O. The summed E-state index contributed by atoms with van der Waals surface area (Å²) in [7, 11) is 0. The molecule has 106 valence electrons. The lowest BCUT2D eigenvalue weighted by Crippen LogP contribution is -2.12. The quantitative estimate of drug-likeness (QED) is 0.927. The molecule has 0 saturated heterocycles. The van der Waals surface area contributed by atoms with Crippen molar-refractivity contribution in [3.63, 3.8) is 0 Å². The first-order valence-corrected chi connectivity index (χ1v) is 7.05. The number of aromatic nitrogens is 2. The van der Waals surface area contributed by atoms with Gasteiger partial charge in [0.1, 0.15) is 5.82 Å². The molecule has 0 unspecified atom stereocenters. The standard InChI is InChI=1S/C17H22N2O/c1-10(2)6-14-9-16(20)19-17(18-14)15-8-12(4)11(3)7-13(15)5/h7-10H,6H2,1-5H3,(H,18,19,20). The predicted octanol–water partition coefficient (Wildman–Crippen LogP) is 3.56. The summed E-state index contributed by atoms with van der Waals surface area (Å²) in [5.74, 6) is 1.16. The van der Waals surface area contributed by atoms with Gasteiger partial charge in [0.2, 0.25) is 0 Å². The second-order valence-corrected chi connectivity index (χ2v) is 5.93. The van der Waals surface area contributed by atoms with Crippen LogP contribution in [0, 0.1) is 26.7 Å². The molecule has 0 bridgehead atoms. The zero-order valence-corrected chi connectivity index (χ0v) is 12.9.